The second-order valence-corrected chi connectivity index (χ2v) is 4.94. The van der Waals surface area contributed by atoms with Gasteiger partial charge in [0.05, 0.1) is 19.3 Å². The van der Waals surface area contributed by atoms with E-state index < -0.39 is 0 Å². The topological polar surface area (TPSA) is 64.3 Å². The minimum absolute atomic E-state index is 0.184. The molecule has 3 rings (SSSR count). The zero-order valence-electron chi connectivity index (χ0n) is 12.0. The van der Waals surface area contributed by atoms with Crippen molar-refractivity contribution in [1.82, 2.24) is 9.97 Å². The summed E-state index contributed by atoms with van der Waals surface area (Å²) in [6.07, 6.45) is 6.19. The Bertz CT molecular complexity index is 383. The van der Waals surface area contributed by atoms with E-state index in [4.69, 9.17) is 22.1 Å². The van der Waals surface area contributed by atoms with Crippen molar-refractivity contribution in [2.45, 2.75) is 32.2 Å². The smallest absolute Gasteiger partial charge is 0.226 e. The van der Waals surface area contributed by atoms with Crippen LogP contribution in [0.25, 0.3) is 0 Å². The van der Waals surface area contributed by atoms with Gasteiger partial charge in [-0.1, -0.05) is 19.3 Å². The number of nitrogens with two attached hydrogens (primary N) is 1. The molecule has 0 spiro atoms. The van der Waals surface area contributed by atoms with Gasteiger partial charge in [0.1, 0.15) is 11.6 Å². The Morgan fingerprint density at radius 3 is 2.50 bits per heavy atom. The van der Waals surface area contributed by atoms with E-state index >= 15 is 0 Å². The van der Waals surface area contributed by atoms with E-state index in [1.807, 2.05) is 0 Å². The molecule has 0 bridgehead atoms. The van der Waals surface area contributed by atoms with E-state index in [1.165, 1.54) is 19.3 Å². The first-order valence-corrected chi connectivity index (χ1v) is 8.03. The Kier molecular flexibility index (Phi) is 8.02. The standard InChI is InChI=1S/C9H13ClN4O.C3H6.CH4S/c1-6-5-15-3-2-14(6)8-4-7(11)12-9(10)13-8;1-2-3-1;1-2/h4,6H,2-3,5H2,1H3,(H2,11,12,13);1-3H2;2H,1H3. The number of nitrogen functional groups attached to an aromatic ring is 1. The lowest BCUT2D eigenvalue weighted by Gasteiger charge is -2.34. The van der Waals surface area contributed by atoms with E-state index in [0.29, 0.717) is 19.0 Å². The van der Waals surface area contributed by atoms with Gasteiger partial charge in [-0.25, -0.2) is 9.97 Å². The molecule has 20 heavy (non-hydrogen) atoms. The molecule has 1 aliphatic carbocycles. The van der Waals surface area contributed by atoms with Crippen molar-refractivity contribution in [3.8, 4) is 0 Å². The highest BCUT2D eigenvalue weighted by Gasteiger charge is 2.20. The first kappa shape index (κ1) is 17.3. The maximum atomic E-state index is 5.76. The van der Waals surface area contributed by atoms with Crippen LogP contribution in [-0.4, -0.2) is 42.0 Å². The van der Waals surface area contributed by atoms with Gasteiger partial charge < -0.3 is 15.4 Å². The summed E-state index contributed by atoms with van der Waals surface area (Å²) >= 11 is 9.28. The van der Waals surface area contributed by atoms with E-state index in [2.05, 4.69) is 34.4 Å². The molecule has 1 atom stereocenters. The second kappa shape index (κ2) is 9.26. The summed E-state index contributed by atoms with van der Waals surface area (Å²) in [4.78, 5) is 10.1. The maximum absolute atomic E-state index is 5.76. The van der Waals surface area contributed by atoms with Crippen molar-refractivity contribution < 1.29 is 4.74 Å². The van der Waals surface area contributed by atoms with Crippen LogP contribution in [0.3, 0.4) is 0 Å². The number of halogens is 1. The molecule has 114 valence electrons. The molecule has 1 aromatic rings. The number of hydrogen-bond donors (Lipinski definition) is 2. The van der Waals surface area contributed by atoms with E-state index in [0.717, 1.165) is 12.4 Å². The number of nitrogens with zero attached hydrogens (tertiary/aromatic N) is 3. The summed E-state index contributed by atoms with van der Waals surface area (Å²) in [5, 5.41) is 0.184. The molecule has 7 heteroatoms. The van der Waals surface area contributed by atoms with Crippen LogP contribution in [-0.2, 0) is 4.74 Å². The lowest BCUT2D eigenvalue weighted by Crippen LogP contribution is -2.44. The van der Waals surface area contributed by atoms with Crippen LogP contribution in [0.1, 0.15) is 26.2 Å². The van der Waals surface area contributed by atoms with Crippen molar-refractivity contribution in [2.75, 3.05) is 36.6 Å². The Labute approximate surface area is 131 Å². The van der Waals surface area contributed by atoms with Crippen LogP contribution in [0.4, 0.5) is 11.6 Å². The molecule has 1 saturated heterocycles. The average molecular weight is 319 g/mol. The van der Waals surface area contributed by atoms with Gasteiger partial charge in [0.2, 0.25) is 5.28 Å². The summed E-state index contributed by atoms with van der Waals surface area (Å²) in [6.45, 7) is 4.27. The predicted octanol–water partition coefficient (Wildman–Crippen LogP) is 2.65. The average Bonchev–Trinajstić information content (AvgIpc) is 3.28. The van der Waals surface area contributed by atoms with Crippen LogP contribution in [0, 0.1) is 0 Å². The van der Waals surface area contributed by atoms with Gasteiger partial charge in [-0.3, -0.25) is 0 Å². The van der Waals surface area contributed by atoms with Gasteiger partial charge in [-0.2, -0.15) is 12.6 Å². The lowest BCUT2D eigenvalue weighted by molar-refractivity contribution is 0.0985. The number of ether oxygens (including phenoxy) is 1. The zero-order chi connectivity index (χ0) is 15.0. The predicted molar refractivity (Wildman–Crippen MR) is 87.8 cm³/mol. The SMILES string of the molecule is C1CC1.CC1COCCN1c1cc(N)nc(Cl)n1.CS. The van der Waals surface area contributed by atoms with Gasteiger partial charge in [0.25, 0.3) is 0 Å². The first-order chi connectivity index (χ1) is 9.66. The number of aromatic nitrogens is 2. The van der Waals surface area contributed by atoms with Crippen molar-refractivity contribution in [3.05, 3.63) is 11.3 Å². The molecule has 5 nitrogen and oxygen atoms in total. The van der Waals surface area contributed by atoms with E-state index in [9.17, 15) is 0 Å². The van der Waals surface area contributed by atoms with Crippen LogP contribution < -0.4 is 10.6 Å². The third-order valence-electron chi connectivity index (χ3n) is 2.72. The van der Waals surface area contributed by atoms with Gasteiger partial charge in [0.15, 0.2) is 0 Å². The van der Waals surface area contributed by atoms with Crippen molar-refractivity contribution in [3.63, 3.8) is 0 Å². The zero-order valence-corrected chi connectivity index (χ0v) is 13.7. The number of anilines is 2. The molecule has 0 amide bonds. The number of hydrogen-bond acceptors (Lipinski definition) is 6. The Balaban J connectivity index is 0.000000343. The fraction of sp³-hybridized carbons (Fsp3) is 0.692. The molecule has 2 heterocycles. The van der Waals surface area contributed by atoms with Crippen molar-refractivity contribution in [2.24, 2.45) is 0 Å². The van der Waals surface area contributed by atoms with E-state index in [1.54, 1.807) is 12.3 Å². The van der Waals surface area contributed by atoms with Crippen molar-refractivity contribution in [1.29, 1.82) is 0 Å². The Morgan fingerprint density at radius 2 is 2.00 bits per heavy atom. The molecule has 2 aliphatic rings. The Morgan fingerprint density at radius 1 is 1.35 bits per heavy atom. The lowest BCUT2D eigenvalue weighted by atomic mass is 10.2. The maximum Gasteiger partial charge on any atom is 0.226 e. The van der Waals surface area contributed by atoms with Gasteiger partial charge in [-0.15, -0.1) is 0 Å². The first-order valence-electron chi connectivity index (χ1n) is 6.76. The number of rotatable bonds is 1. The molecule has 2 fully saturated rings. The molecule has 1 aliphatic heterocycles. The molecule has 1 aromatic heterocycles. The number of thiol groups is 1. The highest BCUT2D eigenvalue weighted by Crippen LogP contribution is 2.20. The second-order valence-electron chi connectivity index (χ2n) is 4.60. The minimum atomic E-state index is 0.184. The summed E-state index contributed by atoms with van der Waals surface area (Å²) < 4.78 is 5.34. The largest absolute Gasteiger partial charge is 0.383 e. The quantitative estimate of drug-likeness (QED) is 0.615. The minimum Gasteiger partial charge on any atom is -0.383 e. The highest BCUT2D eigenvalue weighted by molar-refractivity contribution is 7.79. The summed E-state index contributed by atoms with van der Waals surface area (Å²) in [5.41, 5.74) is 5.62. The molecular weight excluding hydrogens is 296 g/mol. The van der Waals surface area contributed by atoms with Crippen LogP contribution in [0.5, 0.6) is 0 Å². The van der Waals surface area contributed by atoms with Crippen LogP contribution in [0.2, 0.25) is 5.28 Å². The highest BCUT2D eigenvalue weighted by atomic mass is 35.5. The van der Waals surface area contributed by atoms with Gasteiger partial charge >= 0.3 is 0 Å². The monoisotopic (exact) mass is 318 g/mol. The fourth-order valence-corrected chi connectivity index (χ4v) is 1.82. The van der Waals surface area contributed by atoms with E-state index in [-0.39, 0.29) is 11.3 Å². The molecule has 1 saturated carbocycles. The molecule has 1 unspecified atom stereocenters. The third-order valence-corrected chi connectivity index (χ3v) is 2.89. The Hall–Kier alpha value is -0.720. The van der Waals surface area contributed by atoms with Gasteiger partial charge in [0, 0.05) is 12.6 Å². The van der Waals surface area contributed by atoms with Crippen LogP contribution >= 0.6 is 24.2 Å². The molecule has 2 N–H and O–H groups in total. The summed E-state index contributed by atoms with van der Waals surface area (Å²) in [7, 11) is 0. The van der Waals surface area contributed by atoms with Crippen LogP contribution in [0.15, 0.2) is 6.07 Å². The number of morpholine rings is 1. The summed E-state index contributed by atoms with van der Waals surface area (Å²) in [5.74, 6) is 1.16. The third kappa shape index (κ3) is 6.15. The fourth-order valence-electron chi connectivity index (χ4n) is 1.64. The van der Waals surface area contributed by atoms with Crippen molar-refractivity contribution >= 4 is 35.9 Å². The molecule has 0 radical (unpaired) electrons. The molecule has 0 aromatic carbocycles. The van der Waals surface area contributed by atoms with Gasteiger partial charge in [-0.05, 0) is 24.8 Å². The normalized spacial score (nSPS) is 20.2. The molecular formula is C13H23ClN4OS. The summed E-state index contributed by atoms with van der Waals surface area (Å²) in [6, 6.07) is 2.01.